The van der Waals surface area contributed by atoms with Crippen molar-refractivity contribution < 1.29 is 14.3 Å². The van der Waals surface area contributed by atoms with Crippen molar-refractivity contribution in [2.24, 2.45) is 0 Å². The number of aromatic nitrogens is 2. The predicted octanol–water partition coefficient (Wildman–Crippen LogP) is 2.52. The molecule has 9 heteroatoms. The van der Waals surface area contributed by atoms with E-state index in [4.69, 9.17) is 4.74 Å². The second-order valence-electron chi connectivity index (χ2n) is 10.1. The Bertz CT molecular complexity index is 1150. The van der Waals surface area contributed by atoms with Gasteiger partial charge >= 0.3 is 0 Å². The van der Waals surface area contributed by atoms with Gasteiger partial charge in [-0.15, -0.1) is 0 Å². The fraction of sp³-hybridized carbons (Fsp3) is 0.615. The Balaban J connectivity index is 1.14. The number of carbonyl (C=O) groups excluding carboxylic acids is 2. The minimum Gasteiger partial charge on any atom is -0.384 e. The summed E-state index contributed by atoms with van der Waals surface area (Å²) in [5.74, 6) is -0.266. The number of nitrogens with zero attached hydrogens (tertiary/aromatic N) is 3. The summed E-state index contributed by atoms with van der Waals surface area (Å²) in [6.45, 7) is 5.89. The van der Waals surface area contributed by atoms with Crippen LogP contribution in [0.2, 0.25) is 0 Å². The monoisotopic (exact) mass is 481 g/mol. The second-order valence-corrected chi connectivity index (χ2v) is 10.1. The van der Waals surface area contributed by atoms with Gasteiger partial charge in [0, 0.05) is 38.2 Å². The molecular weight excluding hydrogens is 446 g/mol. The van der Waals surface area contributed by atoms with Gasteiger partial charge in [-0.1, -0.05) is 25.3 Å². The molecule has 5 heterocycles. The average Bonchev–Trinajstić information content (AvgIpc) is 2.81. The van der Waals surface area contributed by atoms with Gasteiger partial charge in [-0.05, 0) is 44.9 Å². The number of nitrogens with one attached hydrogen (secondary N) is 2. The molecule has 4 aliphatic rings. The van der Waals surface area contributed by atoms with Gasteiger partial charge < -0.3 is 10.1 Å². The predicted molar refractivity (Wildman–Crippen MR) is 133 cm³/mol. The summed E-state index contributed by atoms with van der Waals surface area (Å²) in [5.41, 5.74) is 1.11. The van der Waals surface area contributed by atoms with Gasteiger partial charge in [-0.25, -0.2) is 4.98 Å². The van der Waals surface area contributed by atoms with Gasteiger partial charge in [0.05, 0.1) is 23.1 Å². The van der Waals surface area contributed by atoms with Crippen LogP contribution in [0, 0.1) is 6.92 Å². The van der Waals surface area contributed by atoms with E-state index in [9.17, 15) is 14.4 Å². The standard InChI is InChI=1S/C26H35N5O4/c1-17-28-21-9-7-8-20(24(21)26(34)31(17)22-10-11-23(32)29-25(22)33)27-12-5-3-2-4-6-13-30-15-18-14-19(16-30)35-18/h7-9,18-19,22,27H,2-6,10-16H2,1H3,(H,29,32,33). The van der Waals surface area contributed by atoms with Gasteiger partial charge in [0.2, 0.25) is 11.8 Å². The summed E-state index contributed by atoms with van der Waals surface area (Å²) in [6, 6.07) is 4.89. The van der Waals surface area contributed by atoms with Crippen molar-refractivity contribution in [3.05, 3.63) is 34.4 Å². The zero-order valence-electron chi connectivity index (χ0n) is 20.4. The number of imide groups is 1. The van der Waals surface area contributed by atoms with Crippen molar-refractivity contribution in [1.29, 1.82) is 0 Å². The molecule has 2 amide bonds. The molecule has 9 nitrogen and oxygen atoms in total. The molecule has 0 radical (unpaired) electrons. The summed E-state index contributed by atoms with van der Waals surface area (Å²) >= 11 is 0. The smallest absolute Gasteiger partial charge is 0.264 e. The van der Waals surface area contributed by atoms with E-state index in [1.165, 1.54) is 36.8 Å². The van der Waals surface area contributed by atoms with E-state index >= 15 is 0 Å². The third kappa shape index (κ3) is 5.26. The highest BCUT2D eigenvalue weighted by molar-refractivity contribution is 5.99. The second kappa shape index (κ2) is 10.5. The molecular formula is C26H35N5O4. The number of benzene rings is 1. The lowest BCUT2D eigenvalue weighted by atomic mass is 9.98. The molecule has 4 saturated heterocycles. The summed E-state index contributed by atoms with van der Waals surface area (Å²) in [6.07, 6.45) is 8.60. The number of carbonyl (C=O) groups is 2. The fourth-order valence-corrected chi connectivity index (χ4v) is 5.63. The minimum atomic E-state index is -0.714. The molecule has 2 N–H and O–H groups in total. The van der Waals surface area contributed by atoms with Gasteiger partial charge in [-0.3, -0.25) is 29.2 Å². The van der Waals surface area contributed by atoms with E-state index in [0.717, 1.165) is 38.2 Å². The van der Waals surface area contributed by atoms with Crippen LogP contribution in [-0.4, -0.2) is 64.7 Å². The first-order valence-corrected chi connectivity index (χ1v) is 13.0. The number of aryl methyl sites for hydroxylation is 1. The Morgan fingerprint density at radius 2 is 1.83 bits per heavy atom. The van der Waals surface area contributed by atoms with Crippen LogP contribution in [0.5, 0.6) is 0 Å². The van der Waals surface area contributed by atoms with Gasteiger partial charge in [0.1, 0.15) is 11.9 Å². The Labute approximate surface area is 205 Å². The molecule has 1 aromatic heterocycles. The Hall–Kier alpha value is -2.78. The van der Waals surface area contributed by atoms with Crippen LogP contribution in [0.1, 0.15) is 63.2 Å². The lowest BCUT2D eigenvalue weighted by molar-refractivity contribution is -0.180. The van der Waals surface area contributed by atoms with Crippen LogP contribution in [0.4, 0.5) is 5.69 Å². The van der Waals surface area contributed by atoms with E-state index in [2.05, 4.69) is 20.5 Å². The number of unbranched alkanes of at least 4 members (excludes halogenated alkanes) is 4. The third-order valence-corrected chi connectivity index (χ3v) is 7.43. The Morgan fingerprint density at radius 1 is 1.09 bits per heavy atom. The van der Waals surface area contributed by atoms with Gasteiger partial charge in [-0.2, -0.15) is 0 Å². The number of rotatable bonds is 10. The van der Waals surface area contributed by atoms with Crippen LogP contribution in [0.15, 0.2) is 23.0 Å². The molecule has 4 aliphatic heterocycles. The van der Waals surface area contributed by atoms with Crippen molar-refractivity contribution in [2.45, 2.75) is 76.5 Å². The van der Waals surface area contributed by atoms with Crippen LogP contribution in [-0.2, 0) is 14.3 Å². The highest BCUT2D eigenvalue weighted by atomic mass is 16.5. The Kier molecular flexibility index (Phi) is 7.15. The highest BCUT2D eigenvalue weighted by Crippen LogP contribution is 2.28. The molecule has 4 fully saturated rings. The lowest BCUT2D eigenvalue weighted by Crippen LogP contribution is -2.57. The number of fused-ring (bicyclic) bond motifs is 3. The topological polar surface area (TPSA) is 106 Å². The SMILES string of the molecule is Cc1nc2cccc(NCCCCCCCN3CC4CC(C3)O4)c2c(=O)n1C1CCC(=O)NC1=O. The largest absolute Gasteiger partial charge is 0.384 e. The number of morpholine rings is 1. The van der Waals surface area contributed by atoms with E-state index in [1.54, 1.807) is 6.92 Å². The Morgan fingerprint density at radius 3 is 2.60 bits per heavy atom. The molecule has 3 atom stereocenters. The third-order valence-electron chi connectivity index (χ3n) is 7.43. The van der Waals surface area contributed by atoms with Gasteiger partial charge in [0.25, 0.3) is 5.56 Å². The first kappa shape index (κ1) is 23.9. The maximum Gasteiger partial charge on any atom is 0.264 e. The number of ether oxygens (including phenoxy) is 1. The minimum absolute atomic E-state index is 0.216. The number of piperidine rings is 2. The van der Waals surface area contributed by atoms with Crippen molar-refractivity contribution in [3.63, 3.8) is 0 Å². The molecule has 188 valence electrons. The van der Waals surface area contributed by atoms with E-state index in [0.29, 0.717) is 35.4 Å². The zero-order valence-corrected chi connectivity index (χ0v) is 20.4. The van der Waals surface area contributed by atoms with Crippen molar-refractivity contribution >= 4 is 28.4 Å². The van der Waals surface area contributed by atoms with Gasteiger partial charge in [0.15, 0.2) is 0 Å². The summed E-state index contributed by atoms with van der Waals surface area (Å²) in [4.78, 5) is 44.6. The molecule has 1 aromatic carbocycles. The molecule has 2 aromatic rings. The number of hydrogen-bond acceptors (Lipinski definition) is 7. The first-order chi connectivity index (χ1) is 17.0. The molecule has 0 spiro atoms. The molecule has 3 unspecified atom stereocenters. The number of amides is 2. The van der Waals surface area contributed by atoms with Crippen LogP contribution >= 0.6 is 0 Å². The fourth-order valence-electron chi connectivity index (χ4n) is 5.63. The zero-order chi connectivity index (χ0) is 24.4. The maximum absolute atomic E-state index is 13.5. The molecule has 0 aliphatic carbocycles. The van der Waals surface area contributed by atoms with E-state index in [-0.39, 0.29) is 17.9 Å². The summed E-state index contributed by atoms with van der Waals surface area (Å²) < 4.78 is 7.13. The summed E-state index contributed by atoms with van der Waals surface area (Å²) in [5, 5.41) is 6.25. The normalized spacial score (nSPS) is 24.3. The average molecular weight is 482 g/mol. The quantitative estimate of drug-likeness (QED) is 0.397. The van der Waals surface area contributed by atoms with Crippen LogP contribution < -0.4 is 16.2 Å². The molecule has 35 heavy (non-hydrogen) atoms. The molecule has 0 saturated carbocycles. The number of hydrogen-bond donors (Lipinski definition) is 2. The first-order valence-electron chi connectivity index (χ1n) is 13.0. The summed E-state index contributed by atoms with van der Waals surface area (Å²) in [7, 11) is 0. The molecule has 6 rings (SSSR count). The van der Waals surface area contributed by atoms with Crippen molar-refractivity contribution in [1.82, 2.24) is 19.8 Å². The van der Waals surface area contributed by atoms with Crippen molar-refractivity contribution in [2.75, 3.05) is 31.5 Å². The van der Waals surface area contributed by atoms with E-state index < -0.39 is 11.9 Å². The number of anilines is 1. The lowest BCUT2D eigenvalue weighted by Gasteiger charge is -2.47. The van der Waals surface area contributed by atoms with Crippen molar-refractivity contribution in [3.8, 4) is 0 Å². The highest BCUT2D eigenvalue weighted by Gasteiger charge is 2.37. The van der Waals surface area contributed by atoms with Crippen LogP contribution in [0.25, 0.3) is 10.9 Å². The van der Waals surface area contributed by atoms with Crippen LogP contribution in [0.3, 0.4) is 0 Å². The van der Waals surface area contributed by atoms with E-state index in [1.807, 2.05) is 18.2 Å². The molecule has 2 bridgehead atoms. The maximum atomic E-state index is 13.5.